The number of hydrogen-bond acceptors (Lipinski definition) is 3. The Hall–Kier alpha value is -2.72. The number of esters is 1. The Kier molecular flexibility index (Phi) is 8.19. The van der Waals surface area contributed by atoms with Crippen LogP contribution in [0.25, 0.3) is 11.1 Å². The Morgan fingerprint density at radius 2 is 1.81 bits per heavy atom. The molecule has 2 aromatic rings. The van der Waals surface area contributed by atoms with E-state index in [4.69, 9.17) is 9.84 Å². The lowest BCUT2D eigenvalue weighted by Gasteiger charge is -2.28. The summed E-state index contributed by atoms with van der Waals surface area (Å²) >= 11 is 0. The second kappa shape index (κ2) is 11.1. The highest BCUT2D eigenvalue weighted by Gasteiger charge is 2.22. The minimum absolute atomic E-state index is 0.120. The average molecular weight is 423 g/mol. The van der Waals surface area contributed by atoms with E-state index < -0.39 is 18.4 Å². The van der Waals surface area contributed by atoms with Crippen LogP contribution in [-0.4, -0.2) is 17.7 Å². The summed E-state index contributed by atoms with van der Waals surface area (Å²) in [5.41, 5.74) is 2.87. The van der Waals surface area contributed by atoms with Gasteiger partial charge in [0.05, 0.1) is 12.2 Å². The molecular weight excluding hydrogens is 391 g/mol. The first-order valence-corrected chi connectivity index (χ1v) is 11.0. The Morgan fingerprint density at radius 1 is 1.13 bits per heavy atom. The van der Waals surface area contributed by atoms with Crippen molar-refractivity contribution >= 4 is 5.97 Å². The summed E-state index contributed by atoms with van der Waals surface area (Å²) in [4.78, 5) is 11.7. The fraction of sp³-hybridized carbons (Fsp3) is 0.370. The number of benzene rings is 2. The molecule has 1 fully saturated rings. The van der Waals surface area contributed by atoms with Gasteiger partial charge in [-0.2, -0.15) is 0 Å². The molecule has 0 radical (unpaired) electrons. The van der Waals surface area contributed by atoms with E-state index in [0.29, 0.717) is 5.92 Å². The minimum atomic E-state index is -0.838. The Morgan fingerprint density at radius 3 is 2.42 bits per heavy atom. The normalized spacial score (nSPS) is 18.8. The quantitative estimate of drug-likeness (QED) is 0.226. The lowest BCUT2D eigenvalue weighted by atomic mass is 9.77. The molecule has 1 N–H and O–H groups in total. The lowest BCUT2D eigenvalue weighted by molar-refractivity contribution is -0.130. The molecule has 1 aliphatic carbocycles. The Labute approximate surface area is 184 Å². The average Bonchev–Trinajstić information content (AvgIpc) is 2.80. The number of hydrogen-bond donors (Lipinski definition) is 1. The number of carbonyl (C=O) groups is 1. The predicted octanol–water partition coefficient (Wildman–Crippen LogP) is 6.58. The Balaban J connectivity index is 1.61. The van der Waals surface area contributed by atoms with Gasteiger partial charge in [-0.05, 0) is 86.1 Å². The maximum Gasteiger partial charge on any atom is 0.341 e. The minimum Gasteiger partial charge on any atom is -0.420 e. The molecule has 0 aromatic heterocycles. The third-order valence-corrected chi connectivity index (χ3v) is 6.15. The number of aliphatic hydroxyl groups is 1. The third-order valence-electron chi connectivity index (χ3n) is 6.15. The van der Waals surface area contributed by atoms with Crippen LogP contribution in [0.4, 0.5) is 4.39 Å². The van der Waals surface area contributed by atoms with Gasteiger partial charge in [-0.15, -0.1) is 0 Å². The van der Waals surface area contributed by atoms with E-state index in [1.165, 1.54) is 56.2 Å². The zero-order valence-electron chi connectivity index (χ0n) is 18.1. The van der Waals surface area contributed by atoms with Crippen LogP contribution in [0.2, 0.25) is 0 Å². The van der Waals surface area contributed by atoms with Crippen LogP contribution in [0.1, 0.15) is 56.9 Å². The van der Waals surface area contributed by atoms with Crippen LogP contribution < -0.4 is 4.74 Å². The first kappa shape index (κ1) is 23.0. The van der Waals surface area contributed by atoms with E-state index in [1.54, 1.807) is 6.07 Å². The maximum atomic E-state index is 14.4. The Bertz CT molecular complexity index is 922. The van der Waals surface area contributed by atoms with E-state index in [2.05, 4.69) is 37.8 Å². The number of halogens is 1. The third kappa shape index (κ3) is 6.14. The summed E-state index contributed by atoms with van der Waals surface area (Å²) in [7, 11) is 0. The van der Waals surface area contributed by atoms with E-state index in [-0.39, 0.29) is 11.3 Å². The summed E-state index contributed by atoms with van der Waals surface area (Å²) in [6.07, 6.45) is 11.9. The first-order chi connectivity index (χ1) is 15.0. The van der Waals surface area contributed by atoms with Crippen LogP contribution >= 0.6 is 0 Å². The van der Waals surface area contributed by atoms with Gasteiger partial charge in [0.25, 0.3) is 0 Å². The molecule has 0 amide bonds. The van der Waals surface area contributed by atoms with Gasteiger partial charge >= 0.3 is 5.97 Å². The van der Waals surface area contributed by atoms with Crippen molar-refractivity contribution in [3.63, 3.8) is 0 Å². The van der Waals surface area contributed by atoms with Crippen molar-refractivity contribution in [2.45, 2.75) is 51.4 Å². The molecule has 0 atom stereocenters. The topological polar surface area (TPSA) is 46.5 Å². The van der Waals surface area contributed by atoms with Gasteiger partial charge in [0.1, 0.15) is 0 Å². The van der Waals surface area contributed by atoms with E-state index in [9.17, 15) is 9.18 Å². The largest absolute Gasteiger partial charge is 0.420 e. The molecule has 2 aromatic carbocycles. The highest BCUT2D eigenvalue weighted by molar-refractivity contribution is 5.89. The van der Waals surface area contributed by atoms with Crippen molar-refractivity contribution in [1.82, 2.24) is 0 Å². The van der Waals surface area contributed by atoms with E-state index >= 15 is 0 Å². The monoisotopic (exact) mass is 422 g/mol. The summed E-state index contributed by atoms with van der Waals surface area (Å²) < 4.78 is 19.4. The van der Waals surface area contributed by atoms with Crippen LogP contribution in [-0.2, 0) is 4.79 Å². The lowest BCUT2D eigenvalue weighted by Crippen LogP contribution is -2.13. The summed E-state index contributed by atoms with van der Waals surface area (Å²) in [5.74, 6) is -0.194. The molecule has 3 rings (SSSR count). The predicted molar refractivity (Wildman–Crippen MR) is 122 cm³/mol. The zero-order chi connectivity index (χ0) is 22.2. The van der Waals surface area contributed by atoms with E-state index in [1.807, 2.05) is 12.1 Å². The van der Waals surface area contributed by atoms with E-state index in [0.717, 1.165) is 17.0 Å². The molecule has 0 bridgehead atoms. The number of ether oxygens (including phenoxy) is 1. The van der Waals surface area contributed by atoms with Gasteiger partial charge in [0, 0.05) is 0 Å². The van der Waals surface area contributed by atoms with Gasteiger partial charge in [0.15, 0.2) is 11.6 Å². The van der Waals surface area contributed by atoms with Gasteiger partial charge in [-0.1, -0.05) is 49.1 Å². The fourth-order valence-corrected chi connectivity index (χ4v) is 4.23. The van der Waals surface area contributed by atoms with Crippen molar-refractivity contribution in [2.75, 3.05) is 6.61 Å². The van der Waals surface area contributed by atoms with Gasteiger partial charge in [0.2, 0.25) is 0 Å². The van der Waals surface area contributed by atoms with Crippen LogP contribution in [0.3, 0.4) is 0 Å². The van der Waals surface area contributed by atoms with Crippen molar-refractivity contribution in [3.8, 4) is 16.9 Å². The van der Waals surface area contributed by atoms with Gasteiger partial charge in [-0.3, -0.25) is 0 Å². The van der Waals surface area contributed by atoms with Crippen molar-refractivity contribution in [1.29, 1.82) is 0 Å². The second-order valence-corrected chi connectivity index (χ2v) is 8.28. The molecule has 1 saturated carbocycles. The summed E-state index contributed by atoms with van der Waals surface area (Å²) in [5, 5.41) is 8.92. The smallest absolute Gasteiger partial charge is 0.341 e. The number of aliphatic hydroxyl groups excluding tert-OH is 1. The van der Waals surface area contributed by atoms with Crippen LogP contribution in [0.5, 0.6) is 5.75 Å². The number of rotatable bonds is 8. The molecule has 4 heteroatoms. The van der Waals surface area contributed by atoms with Crippen molar-refractivity contribution in [2.24, 2.45) is 5.92 Å². The van der Waals surface area contributed by atoms with Crippen LogP contribution in [0, 0.1) is 11.7 Å². The number of allylic oxidation sites excluding steroid dienone is 2. The molecular formula is C27H31FO3. The molecule has 0 unspecified atom stereocenters. The molecule has 164 valence electrons. The molecule has 3 nitrogen and oxygen atoms in total. The van der Waals surface area contributed by atoms with Gasteiger partial charge in [-0.25, -0.2) is 9.18 Å². The summed E-state index contributed by atoms with van der Waals surface area (Å²) in [6, 6.07) is 12.9. The van der Waals surface area contributed by atoms with Crippen molar-refractivity contribution < 1.29 is 19.0 Å². The SMILES string of the molecule is C=C(CO)C(=O)Oc1ccc(-c2ccc(C3CCC(CC/C=C/C)CC3)cc2)cc1F. The highest BCUT2D eigenvalue weighted by Crippen LogP contribution is 2.38. The maximum absolute atomic E-state index is 14.4. The molecule has 31 heavy (non-hydrogen) atoms. The zero-order valence-corrected chi connectivity index (χ0v) is 18.1. The molecule has 0 aliphatic heterocycles. The summed E-state index contributed by atoms with van der Waals surface area (Å²) in [6.45, 7) is 4.93. The van der Waals surface area contributed by atoms with Crippen molar-refractivity contribution in [3.05, 3.63) is 78.1 Å². The second-order valence-electron chi connectivity index (χ2n) is 8.28. The molecule has 0 spiro atoms. The molecule has 0 heterocycles. The fourth-order valence-electron chi connectivity index (χ4n) is 4.23. The molecule has 0 saturated heterocycles. The molecule has 1 aliphatic rings. The highest BCUT2D eigenvalue weighted by atomic mass is 19.1. The first-order valence-electron chi connectivity index (χ1n) is 11.0. The standard InChI is InChI=1S/C27H31FO3/c1-3-4-5-6-20-7-9-21(10-8-20)22-11-13-23(14-12-22)24-15-16-26(25(28)17-24)31-27(30)19(2)18-29/h3-4,11-17,20-21,29H,2,5-10,18H2,1H3/b4-3+. The van der Waals surface area contributed by atoms with Gasteiger partial charge < -0.3 is 9.84 Å². The van der Waals surface area contributed by atoms with Crippen LogP contribution in [0.15, 0.2) is 66.8 Å². The number of carbonyl (C=O) groups excluding carboxylic acids is 1.